The molecule has 3 rings (SSSR count). The van der Waals surface area contributed by atoms with Gasteiger partial charge in [0.2, 0.25) is 0 Å². The Morgan fingerprint density at radius 3 is 2.61 bits per heavy atom. The van der Waals surface area contributed by atoms with Crippen LogP contribution in [0, 0.1) is 11.3 Å². The van der Waals surface area contributed by atoms with Crippen molar-refractivity contribution in [3.63, 3.8) is 0 Å². The second kappa shape index (κ2) is 4.64. The van der Waals surface area contributed by atoms with Crippen molar-refractivity contribution in [2.75, 3.05) is 0 Å². The van der Waals surface area contributed by atoms with Gasteiger partial charge in [0.05, 0.1) is 5.41 Å². The molecule has 2 nitrogen and oxygen atoms in total. The lowest BCUT2D eigenvalue weighted by molar-refractivity contribution is -0.127. The predicted molar refractivity (Wildman–Crippen MR) is 70.2 cm³/mol. The molecule has 18 heavy (non-hydrogen) atoms. The highest BCUT2D eigenvalue weighted by molar-refractivity contribution is 5.99. The average Bonchev–Trinajstić information content (AvgIpc) is 2.69. The van der Waals surface area contributed by atoms with Crippen LogP contribution in [0.5, 0.6) is 0 Å². The van der Waals surface area contributed by atoms with Crippen LogP contribution in [0.3, 0.4) is 0 Å². The largest absolute Gasteiger partial charge is 0.299 e. The molecule has 0 N–H and O–H groups in total. The van der Waals surface area contributed by atoms with Crippen molar-refractivity contribution in [1.82, 2.24) is 0 Å². The fourth-order valence-corrected chi connectivity index (χ4v) is 4.25. The smallest absolute Gasteiger partial charge is 0.155 e. The van der Waals surface area contributed by atoms with Gasteiger partial charge in [0.1, 0.15) is 5.78 Å². The number of Topliss-reactive ketones (excluding diaryl/α,β-unsaturated/α-hetero) is 1. The van der Waals surface area contributed by atoms with Crippen molar-refractivity contribution in [3.05, 3.63) is 11.6 Å². The Balaban J connectivity index is 1.83. The van der Waals surface area contributed by atoms with E-state index in [0.717, 1.165) is 25.2 Å². The van der Waals surface area contributed by atoms with Crippen molar-refractivity contribution >= 4 is 11.6 Å². The van der Waals surface area contributed by atoms with Gasteiger partial charge in [-0.2, -0.15) is 0 Å². The normalized spacial score (nSPS) is 33.4. The SMILES string of the molecule is O=C1C=C2CCC(=O)[C@@]2(CC2CCCCC2)CC1. The standard InChI is InChI=1S/C16H22O2/c17-14-8-9-16(11-12-4-2-1-3-5-12)13(10-14)6-7-15(16)18/h10,12H,1-9,11H2/t16-/m1/s1. The lowest BCUT2D eigenvalue weighted by Gasteiger charge is -2.36. The first kappa shape index (κ1) is 12.1. The highest BCUT2D eigenvalue weighted by Crippen LogP contribution is 2.51. The van der Waals surface area contributed by atoms with Crippen LogP contribution < -0.4 is 0 Å². The maximum atomic E-state index is 12.4. The molecular weight excluding hydrogens is 224 g/mol. The molecule has 0 heterocycles. The van der Waals surface area contributed by atoms with Crippen LogP contribution in [0.1, 0.15) is 64.2 Å². The summed E-state index contributed by atoms with van der Waals surface area (Å²) >= 11 is 0. The monoisotopic (exact) mass is 246 g/mol. The molecular formula is C16H22O2. The van der Waals surface area contributed by atoms with Gasteiger partial charge in [-0.3, -0.25) is 9.59 Å². The number of allylic oxidation sites excluding steroid dienone is 2. The highest BCUT2D eigenvalue weighted by atomic mass is 16.1. The predicted octanol–water partition coefficient (Wildman–Crippen LogP) is 3.60. The van der Waals surface area contributed by atoms with Crippen LogP contribution in [0.25, 0.3) is 0 Å². The number of hydrogen-bond acceptors (Lipinski definition) is 2. The Morgan fingerprint density at radius 1 is 1.06 bits per heavy atom. The molecule has 0 bridgehead atoms. The summed E-state index contributed by atoms with van der Waals surface area (Å²) < 4.78 is 0. The molecule has 3 aliphatic carbocycles. The molecule has 3 aliphatic rings. The number of carbonyl (C=O) groups is 2. The number of hydrogen-bond donors (Lipinski definition) is 0. The zero-order chi connectivity index (χ0) is 12.6. The first-order valence-electron chi connectivity index (χ1n) is 7.48. The maximum Gasteiger partial charge on any atom is 0.155 e. The fourth-order valence-electron chi connectivity index (χ4n) is 4.25. The van der Waals surface area contributed by atoms with E-state index in [-0.39, 0.29) is 11.2 Å². The van der Waals surface area contributed by atoms with Gasteiger partial charge in [0, 0.05) is 12.8 Å². The van der Waals surface area contributed by atoms with Crippen molar-refractivity contribution in [2.24, 2.45) is 11.3 Å². The second-order valence-corrected chi connectivity index (χ2v) is 6.35. The summed E-state index contributed by atoms with van der Waals surface area (Å²) in [5, 5.41) is 0. The summed E-state index contributed by atoms with van der Waals surface area (Å²) in [6.07, 6.45) is 12.3. The van der Waals surface area contributed by atoms with Crippen molar-refractivity contribution in [1.29, 1.82) is 0 Å². The van der Waals surface area contributed by atoms with Crippen LogP contribution in [0.15, 0.2) is 11.6 Å². The third-order valence-corrected chi connectivity index (χ3v) is 5.27. The average molecular weight is 246 g/mol. The molecule has 2 saturated carbocycles. The first-order valence-corrected chi connectivity index (χ1v) is 7.48. The lowest BCUT2D eigenvalue weighted by Crippen LogP contribution is -2.34. The van der Waals surface area contributed by atoms with E-state index < -0.39 is 0 Å². The van der Waals surface area contributed by atoms with Gasteiger partial charge in [-0.15, -0.1) is 0 Å². The highest BCUT2D eigenvalue weighted by Gasteiger charge is 2.48. The van der Waals surface area contributed by atoms with Gasteiger partial charge in [0.25, 0.3) is 0 Å². The van der Waals surface area contributed by atoms with Crippen molar-refractivity contribution < 1.29 is 9.59 Å². The molecule has 0 aliphatic heterocycles. The van der Waals surface area contributed by atoms with Crippen LogP contribution >= 0.6 is 0 Å². The minimum Gasteiger partial charge on any atom is -0.299 e. The maximum absolute atomic E-state index is 12.4. The van der Waals surface area contributed by atoms with Crippen molar-refractivity contribution in [2.45, 2.75) is 64.2 Å². The number of carbonyl (C=O) groups excluding carboxylic acids is 2. The Hall–Kier alpha value is -0.920. The van der Waals surface area contributed by atoms with Gasteiger partial charge in [0.15, 0.2) is 5.78 Å². The molecule has 0 unspecified atom stereocenters. The van der Waals surface area contributed by atoms with E-state index in [9.17, 15) is 9.59 Å². The zero-order valence-electron chi connectivity index (χ0n) is 11.0. The molecule has 0 saturated heterocycles. The van der Waals surface area contributed by atoms with Gasteiger partial charge in [-0.05, 0) is 31.3 Å². The summed E-state index contributed by atoms with van der Waals surface area (Å²) in [5.74, 6) is 1.38. The summed E-state index contributed by atoms with van der Waals surface area (Å²) in [6.45, 7) is 0. The Morgan fingerprint density at radius 2 is 1.83 bits per heavy atom. The molecule has 2 fully saturated rings. The summed E-state index contributed by atoms with van der Waals surface area (Å²) in [5.41, 5.74) is 0.963. The number of fused-ring (bicyclic) bond motifs is 1. The van der Waals surface area contributed by atoms with E-state index in [1.54, 1.807) is 6.08 Å². The topological polar surface area (TPSA) is 34.1 Å². The van der Waals surface area contributed by atoms with Gasteiger partial charge in [-0.1, -0.05) is 37.7 Å². The third-order valence-electron chi connectivity index (χ3n) is 5.27. The molecule has 0 spiro atoms. The lowest BCUT2D eigenvalue weighted by atomic mass is 9.66. The Bertz CT molecular complexity index is 401. The minimum atomic E-state index is -0.212. The summed E-state index contributed by atoms with van der Waals surface area (Å²) in [6, 6.07) is 0. The molecule has 98 valence electrons. The molecule has 0 aromatic rings. The molecule has 1 atom stereocenters. The number of ketones is 2. The van der Waals surface area contributed by atoms with E-state index in [4.69, 9.17) is 0 Å². The van der Waals surface area contributed by atoms with Crippen molar-refractivity contribution in [3.8, 4) is 0 Å². The third kappa shape index (κ3) is 1.96. The quantitative estimate of drug-likeness (QED) is 0.746. The van der Waals surface area contributed by atoms with E-state index in [1.165, 1.54) is 37.7 Å². The van der Waals surface area contributed by atoms with Crippen LogP contribution in [0.4, 0.5) is 0 Å². The van der Waals surface area contributed by atoms with Crippen LogP contribution in [0.2, 0.25) is 0 Å². The van der Waals surface area contributed by atoms with E-state index in [2.05, 4.69) is 0 Å². The molecule has 0 aromatic carbocycles. The molecule has 0 radical (unpaired) electrons. The van der Waals surface area contributed by atoms with Crippen LogP contribution in [-0.2, 0) is 9.59 Å². The molecule has 0 aromatic heterocycles. The second-order valence-electron chi connectivity index (χ2n) is 6.35. The Kier molecular flexibility index (Phi) is 3.13. The Labute approximate surface area is 109 Å². The van der Waals surface area contributed by atoms with Gasteiger partial charge >= 0.3 is 0 Å². The number of rotatable bonds is 2. The van der Waals surface area contributed by atoms with Gasteiger partial charge in [-0.25, -0.2) is 0 Å². The minimum absolute atomic E-state index is 0.212. The molecule has 2 heteroatoms. The fraction of sp³-hybridized carbons (Fsp3) is 0.750. The zero-order valence-corrected chi connectivity index (χ0v) is 11.0. The first-order chi connectivity index (χ1) is 8.71. The summed E-state index contributed by atoms with van der Waals surface area (Å²) in [7, 11) is 0. The van der Waals surface area contributed by atoms with Crippen LogP contribution in [-0.4, -0.2) is 11.6 Å². The summed E-state index contributed by atoms with van der Waals surface area (Å²) in [4.78, 5) is 23.9. The van der Waals surface area contributed by atoms with Gasteiger partial charge < -0.3 is 0 Å². The van der Waals surface area contributed by atoms with E-state index in [0.29, 0.717) is 18.6 Å². The van der Waals surface area contributed by atoms with E-state index in [1.807, 2.05) is 0 Å². The molecule has 0 amide bonds. The van der Waals surface area contributed by atoms with E-state index >= 15 is 0 Å².